The van der Waals surface area contributed by atoms with Crippen LogP contribution in [-0.2, 0) is 4.79 Å². The molecule has 0 aliphatic rings. The molecule has 0 aliphatic heterocycles. The van der Waals surface area contributed by atoms with Crippen molar-refractivity contribution in [1.29, 1.82) is 0 Å². The van der Waals surface area contributed by atoms with Gasteiger partial charge >= 0.3 is 5.97 Å². The van der Waals surface area contributed by atoms with E-state index in [0.717, 1.165) is 11.0 Å². The lowest BCUT2D eigenvalue weighted by atomic mass is 10.5. The molecule has 0 saturated carbocycles. The minimum atomic E-state index is -0.934. The topological polar surface area (TPSA) is 50.2 Å². The van der Waals surface area contributed by atoms with Crippen LogP contribution in [0.15, 0.2) is 40.9 Å². The molecule has 3 nitrogen and oxygen atoms in total. The summed E-state index contributed by atoms with van der Waals surface area (Å²) in [6.07, 6.45) is 4.43. The highest BCUT2D eigenvalue weighted by Crippen LogP contribution is 2.16. The lowest BCUT2D eigenvalue weighted by molar-refractivity contribution is -0.131. The molecular weight excluding hydrogens is 174 g/mol. The van der Waals surface area contributed by atoms with Crippen molar-refractivity contribution in [2.45, 2.75) is 4.90 Å². The number of rotatable bonds is 3. The van der Waals surface area contributed by atoms with E-state index in [2.05, 4.69) is 4.98 Å². The number of nitrogens with zero attached hydrogens (tertiary/aromatic N) is 1. The minimum absolute atomic E-state index is 0.934. The van der Waals surface area contributed by atoms with E-state index in [1.54, 1.807) is 12.4 Å². The lowest BCUT2D eigenvalue weighted by Gasteiger charge is -1.91. The number of aromatic nitrogens is 1. The quantitative estimate of drug-likeness (QED) is 0.570. The van der Waals surface area contributed by atoms with Crippen LogP contribution in [0.4, 0.5) is 0 Å². The Morgan fingerprint density at radius 3 is 2.75 bits per heavy atom. The van der Waals surface area contributed by atoms with Gasteiger partial charge in [-0.3, -0.25) is 4.98 Å². The van der Waals surface area contributed by atoms with Crippen LogP contribution in [0.25, 0.3) is 0 Å². The highest BCUT2D eigenvalue weighted by molar-refractivity contribution is 8.02. The van der Waals surface area contributed by atoms with Gasteiger partial charge in [0.25, 0.3) is 0 Å². The van der Waals surface area contributed by atoms with Gasteiger partial charge in [-0.05, 0) is 17.5 Å². The zero-order valence-electron chi connectivity index (χ0n) is 6.18. The molecule has 1 aromatic rings. The number of thioether (sulfide) groups is 1. The Labute approximate surface area is 74.1 Å². The molecule has 0 fully saturated rings. The summed E-state index contributed by atoms with van der Waals surface area (Å²) >= 11 is 1.35. The van der Waals surface area contributed by atoms with E-state index in [1.165, 1.54) is 17.2 Å². The third kappa shape index (κ3) is 3.21. The van der Waals surface area contributed by atoms with E-state index >= 15 is 0 Å². The molecule has 0 unspecified atom stereocenters. The van der Waals surface area contributed by atoms with Crippen LogP contribution in [0, 0.1) is 0 Å². The average molecular weight is 181 g/mol. The molecule has 62 valence electrons. The molecule has 1 aromatic heterocycles. The normalized spacial score (nSPS) is 10.3. The van der Waals surface area contributed by atoms with Gasteiger partial charge in [-0.2, -0.15) is 0 Å². The number of hydrogen-bond acceptors (Lipinski definition) is 3. The Kier molecular flexibility index (Phi) is 3.35. The van der Waals surface area contributed by atoms with Gasteiger partial charge < -0.3 is 5.11 Å². The Morgan fingerprint density at radius 1 is 1.50 bits per heavy atom. The first-order valence-corrected chi connectivity index (χ1v) is 4.13. The van der Waals surface area contributed by atoms with Gasteiger partial charge in [0.2, 0.25) is 0 Å². The summed E-state index contributed by atoms with van der Waals surface area (Å²) in [5.74, 6) is -0.934. The molecule has 0 amide bonds. The SMILES string of the molecule is O=C(O)/C=C/Sc1ccncc1. The second-order valence-electron chi connectivity index (χ2n) is 1.94. The van der Waals surface area contributed by atoms with Gasteiger partial charge in [0, 0.05) is 23.4 Å². The van der Waals surface area contributed by atoms with Crippen molar-refractivity contribution in [3.8, 4) is 0 Å². The van der Waals surface area contributed by atoms with Crippen molar-refractivity contribution in [3.63, 3.8) is 0 Å². The van der Waals surface area contributed by atoms with Crippen LogP contribution >= 0.6 is 11.8 Å². The number of carboxylic acid groups (broad SMARTS) is 1. The monoisotopic (exact) mass is 181 g/mol. The molecule has 0 bridgehead atoms. The summed E-state index contributed by atoms with van der Waals surface area (Å²) in [5, 5.41) is 9.80. The van der Waals surface area contributed by atoms with E-state index in [1.807, 2.05) is 12.1 Å². The van der Waals surface area contributed by atoms with E-state index in [-0.39, 0.29) is 0 Å². The zero-order chi connectivity index (χ0) is 8.81. The van der Waals surface area contributed by atoms with Crippen molar-refractivity contribution in [2.75, 3.05) is 0 Å². The standard InChI is InChI=1S/C8H7NO2S/c10-8(11)3-6-12-7-1-4-9-5-2-7/h1-6H,(H,10,11)/b6-3+. The molecule has 0 saturated heterocycles. The molecule has 12 heavy (non-hydrogen) atoms. The smallest absolute Gasteiger partial charge is 0.328 e. The van der Waals surface area contributed by atoms with Crippen molar-refractivity contribution < 1.29 is 9.90 Å². The number of carboxylic acids is 1. The maximum atomic E-state index is 10.1. The van der Waals surface area contributed by atoms with Gasteiger partial charge in [-0.15, -0.1) is 0 Å². The second kappa shape index (κ2) is 4.56. The molecule has 0 radical (unpaired) electrons. The van der Waals surface area contributed by atoms with Gasteiger partial charge in [-0.25, -0.2) is 4.79 Å². The highest BCUT2D eigenvalue weighted by Gasteiger charge is 1.88. The third-order valence-electron chi connectivity index (χ3n) is 1.06. The maximum absolute atomic E-state index is 10.1. The summed E-state index contributed by atoms with van der Waals surface area (Å²) in [7, 11) is 0. The van der Waals surface area contributed by atoms with Crippen molar-refractivity contribution in [3.05, 3.63) is 36.0 Å². The van der Waals surface area contributed by atoms with E-state index < -0.39 is 5.97 Å². The summed E-state index contributed by atoms with van der Waals surface area (Å²) in [6.45, 7) is 0. The van der Waals surface area contributed by atoms with Crippen LogP contribution in [0.5, 0.6) is 0 Å². The third-order valence-corrected chi connectivity index (χ3v) is 1.88. The number of aliphatic carboxylic acids is 1. The molecule has 1 rings (SSSR count). The molecular formula is C8H7NO2S. The Bertz CT molecular complexity index is 284. The van der Waals surface area contributed by atoms with Crippen molar-refractivity contribution in [2.24, 2.45) is 0 Å². The lowest BCUT2D eigenvalue weighted by Crippen LogP contribution is -1.84. The van der Waals surface area contributed by atoms with Crippen molar-refractivity contribution in [1.82, 2.24) is 4.98 Å². The number of carbonyl (C=O) groups is 1. The van der Waals surface area contributed by atoms with Crippen LogP contribution in [0.3, 0.4) is 0 Å². The summed E-state index contributed by atoms with van der Waals surface area (Å²) in [4.78, 5) is 14.9. The number of pyridine rings is 1. The predicted octanol–water partition coefficient (Wildman–Crippen LogP) is 1.77. The fraction of sp³-hybridized carbons (Fsp3) is 0. The molecule has 0 aromatic carbocycles. The first-order chi connectivity index (χ1) is 5.79. The van der Waals surface area contributed by atoms with Gasteiger partial charge in [0.05, 0.1) is 0 Å². The second-order valence-corrected chi connectivity index (χ2v) is 2.92. The summed E-state index contributed by atoms with van der Waals surface area (Å²) in [5.41, 5.74) is 0. The molecule has 0 atom stereocenters. The maximum Gasteiger partial charge on any atom is 0.328 e. The molecule has 0 aliphatic carbocycles. The molecule has 4 heteroatoms. The zero-order valence-corrected chi connectivity index (χ0v) is 6.99. The first-order valence-electron chi connectivity index (χ1n) is 3.25. The van der Waals surface area contributed by atoms with E-state index in [0.29, 0.717) is 0 Å². The van der Waals surface area contributed by atoms with E-state index in [9.17, 15) is 4.79 Å². The first kappa shape index (κ1) is 8.80. The van der Waals surface area contributed by atoms with Gasteiger partial charge in [0.15, 0.2) is 0 Å². The number of hydrogen-bond donors (Lipinski definition) is 1. The fourth-order valence-corrected chi connectivity index (χ4v) is 1.21. The minimum Gasteiger partial charge on any atom is -0.478 e. The Balaban J connectivity index is 2.49. The van der Waals surface area contributed by atoms with E-state index in [4.69, 9.17) is 5.11 Å². The highest BCUT2D eigenvalue weighted by atomic mass is 32.2. The average Bonchev–Trinajstić information content (AvgIpc) is 2.05. The molecule has 0 spiro atoms. The molecule has 1 N–H and O–H groups in total. The van der Waals surface area contributed by atoms with Crippen LogP contribution in [0.2, 0.25) is 0 Å². The summed E-state index contributed by atoms with van der Waals surface area (Å²) < 4.78 is 0. The Hall–Kier alpha value is -1.29. The fourth-order valence-electron chi connectivity index (χ4n) is 0.588. The van der Waals surface area contributed by atoms with Crippen LogP contribution in [0.1, 0.15) is 0 Å². The Morgan fingerprint density at radius 2 is 2.17 bits per heavy atom. The van der Waals surface area contributed by atoms with Crippen LogP contribution < -0.4 is 0 Å². The molecule has 1 heterocycles. The van der Waals surface area contributed by atoms with Gasteiger partial charge in [-0.1, -0.05) is 11.8 Å². The van der Waals surface area contributed by atoms with Crippen LogP contribution in [-0.4, -0.2) is 16.1 Å². The van der Waals surface area contributed by atoms with Crippen molar-refractivity contribution >= 4 is 17.7 Å². The van der Waals surface area contributed by atoms with Gasteiger partial charge in [0.1, 0.15) is 0 Å². The largest absolute Gasteiger partial charge is 0.478 e. The predicted molar refractivity (Wildman–Crippen MR) is 46.9 cm³/mol. The summed E-state index contributed by atoms with van der Waals surface area (Å²) in [6, 6.07) is 3.63.